The van der Waals surface area contributed by atoms with Gasteiger partial charge in [0.1, 0.15) is 0 Å². The zero-order chi connectivity index (χ0) is 6.69. The van der Waals surface area contributed by atoms with Gasteiger partial charge >= 0.3 is 0 Å². The molecule has 0 atom stereocenters. The molecule has 9 heavy (non-hydrogen) atoms. The molecule has 0 bridgehead atoms. The van der Waals surface area contributed by atoms with E-state index in [1.165, 1.54) is 12.0 Å². The highest BCUT2D eigenvalue weighted by Gasteiger charge is 1.99. The minimum atomic E-state index is -0.450. The van der Waals surface area contributed by atoms with Gasteiger partial charge in [-0.25, -0.2) is 4.79 Å². The van der Waals surface area contributed by atoms with Crippen LogP contribution in [0.15, 0.2) is 28.1 Å². The Morgan fingerprint density at radius 3 is 2.56 bits per heavy atom. The van der Waals surface area contributed by atoms with Crippen LogP contribution >= 0.6 is 0 Å². The van der Waals surface area contributed by atoms with Gasteiger partial charge in [0.15, 0.2) is 11.6 Å². The highest BCUT2D eigenvalue weighted by Crippen LogP contribution is 2.01. The Bertz CT molecular complexity index is 228. The molecule has 4 nitrogen and oxygen atoms in total. The van der Waals surface area contributed by atoms with Crippen molar-refractivity contribution >= 4 is 11.8 Å². The van der Waals surface area contributed by atoms with E-state index < -0.39 is 5.91 Å². The van der Waals surface area contributed by atoms with Gasteiger partial charge in [0, 0.05) is 6.08 Å². The second kappa shape index (κ2) is 2.15. The zero-order valence-corrected chi connectivity index (χ0v) is 4.37. The zero-order valence-electron chi connectivity index (χ0n) is 4.37. The Hall–Kier alpha value is -1.54. The van der Waals surface area contributed by atoms with Gasteiger partial charge in [-0.1, -0.05) is 0 Å². The van der Waals surface area contributed by atoms with Crippen LogP contribution in [-0.4, -0.2) is 11.8 Å². The van der Waals surface area contributed by atoms with Crippen molar-refractivity contribution in [3.05, 3.63) is 17.8 Å². The molecular formula is C5H2N2O2. The van der Waals surface area contributed by atoms with Crippen molar-refractivity contribution < 1.29 is 9.59 Å². The van der Waals surface area contributed by atoms with Crippen molar-refractivity contribution in [3.8, 4) is 0 Å². The second-order valence-corrected chi connectivity index (χ2v) is 1.36. The number of carbonyl (C=O) groups is 1. The fraction of sp³-hybridized carbons (Fsp3) is 0. The summed E-state index contributed by atoms with van der Waals surface area (Å²) in [4.78, 5) is 20.0. The van der Waals surface area contributed by atoms with Crippen molar-refractivity contribution in [2.75, 3.05) is 0 Å². The van der Waals surface area contributed by atoms with Crippen LogP contribution in [0.1, 0.15) is 0 Å². The van der Waals surface area contributed by atoms with E-state index in [1.54, 1.807) is 0 Å². The van der Waals surface area contributed by atoms with Gasteiger partial charge in [-0.05, 0) is 6.08 Å². The summed E-state index contributed by atoms with van der Waals surface area (Å²) in [6, 6.07) is 0. The fourth-order valence-electron chi connectivity index (χ4n) is 0.374. The standard InChI is InChI=1S/C5H2N2O2/c8-3-4-1-2-5(9)7-6-4/h1-2H. The summed E-state index contributed by atoms with van der Waals surface area (Å²) >= 11 is 0. The summed E-state index contributed by atoms with van der Waals surface area (Å²) < 4.78 is 0. The first-order valence-corrected chi connectivity index (χ1v) is 2.22. The van der Waals surface area contributed by atoms with E-state index in [0.29, 0.717) is 0 Å². The molecule has 0 radical (unpaired) electrons. The maximum absolute atomic E-state index is 10.2. The van der Waals surface area contributed by atoms with Gasteiger partial charge in [0.05, 0.1) is 0 Å². The predicted molar refractivity (Wildman–Crippen MR) is 28.2 cm³/mol. The first-order chi connectivity index (χ1) is 4.33. The van der Waals surface area contributed by atoms with E-state index in [4.69, 9.17) is 0 Å². The lowest BCUT2D eigenvalue weighted by molar-refractivity contribution is -0.114. The third-order valence-corrected chi connectivity index (χ3v) is 0.745. The smallest absolute Gasteiger partial charge is 0.266 e. The molecule has 0 aliphatic carbocycles. The largest absolute Gasteiger partial charge is 0.288 e. The first kappa shape index (κ1) is 5.59. The summed E-state index contributed by atoms with van der Waals surface area (Å²) in [5, 5.41) is 6.29. The quantitative estimate of drug-likeness (QED) is 0.432. The van der Waals surface area contributed by atoms with Crippen LogP contribution < -0.4 is 0 Å². The number of allylic oxidation sites excluding steroid dienone is 1. The summed E-state index contributed by atoms with van der Waals surface area (Å²) in [6.45, 7) is 0. The Kier molecular flexibility index (Phi) is 1.34. The van der Waals surface area contributed by atoms with Gasteiger partial charge < -0.3 is 0 Å². The number of hydrogen-bond donors (Lipinski definition) is 0. The molecule has 1 rings (SSSR count). The lowest BCUT2D eigenvalue weighted by Crippen LogP contribution is -1.90. The van der Waals surface area contributed by atoms with E-state index >= 15 is 0 Å². The Balaban J connectivity index is 2.94. The van der Waals surface area contributed by atoms with Crippen LogP contribution in [0, 0.1) is 0 Å². The third kappa shape index (κ3) is 1.17. The highest BCUT2D eigenvalue weighted by molar-refractivity contribution is 5.90. The minimum Gasteiger partial charge on any atom is -0.266 e. The first-order valence-electron chi connectivity index (χ1n) is 2.22. The van der Waals surface area contributed by atoms with Crippen LogP contribution in [-0.2, 0) is 9.59 Å². The Labute approximate surface area is 50.6 Å². The summed E-state index contributed by atoms with van der Waals surface area (Å²) in [5.74, 6) is 1.04. The maximum atomic E-state index is 10.2. The molecule has 0 N–H and O–H groups in total. The SMILES string of the molecule is O=C=C1C=CC(=O)N=N1. The third-order valence-electron chi connectivity index (χ3n) is 0.745. The van der Waals surface area contributed by atoms with Crippen molar-refractivity contribution in [2.24, 2.45) is 10.2 Å². The van der Waals surface area contributed by atoms with Gasteiger partial charge in [-0.3, -0.25) is 4.79 Å². The highest BCUT2D eigenvalue weighted by atomic mass is 16.1. The monoisotopic (exact) mass is 122 g/mol. The summed E-state index contributed by atoms with van der Waals surface area (Å²) in [6.07, 6.45) is 2.43. The van der Waals surface area contributed by atoms with E-state index in [1.807, 2.05) is 0 Å². The van der Waals surface area contributed by atoms with Gasteiger partial charge in [0.2, 0.25) is 0 Å². The molecule has 1 aliphatic heterocycles. The maximum Gasteiger partial charge on any atom is 0.288 e. The molecule has 0 saturated heterocycles. The van der Waals surface area contributed by atoms with E-state index in [-0.39, 0.29) is 5.70 Å². The Morgan fingerprint density at radius 1 is 1.33 bits per heavy atom. The lowest BCUT2D eigenvalue weighted by Gasteiger charge is -1.88. The molecule has 1 aliphatic rings. The lowest BCUT2D eigenvalue weighted by atomic mass is 10.4. The average molecular weight is 122 g/mol. The van der Waals surface area contributed by atoms with Crippen molar-refractivity contribution in [1.82, 2.24) is 0 Å². The average Bonchev–Trinajstić information content (AvgIpc) is 1.90. The van der Waals surface area contributed by atoms with Crippen molar-refractivity contribution in [2.45, 2.75) is 0 Å². The van der Waals surface area contributed by atoms with Crippen LogP contribution in [0.2, 0.25) is 0 Å². The second-order valence-electron chi connectivity index (χ2n) is 1.36. The number of hydrogen-bond acceptors (Lipinski definition) is 3. The van der Waals surface area contributed by atoms with E-state index in [9.17, 15) is 9.59 Å². The van der Waals surface area contributed by atoms with E-state index in [0.717, 1.165) is 6.08 Å². The van der Waals surface area contributed by atoms with Crippen LogP contribution in [0.25, 0.3) is 0 Å². The molecule has 44 valence electrons. The topological polar surface area (TPSA) is 58.9 Å². The normalized spacial score (nSPS) is 16.0. The number of azo groups is 1. The molecular weight excluding hydrogens is 120 g/mol. The van der Waals surface area contributed by atoms with Gasteiger partial charge in [-0.15, -0.1) is 10.2 Å². The molecule has 0 unspecified atom stereocenters. The number of carbonyl (C=O) groups excluding carboxylic acids is 2. The van der Waals surface area contributed by atoms with Gasteiger partial charge in [0.25, 0.3) is 5.91 Å². The van der Waals surface area contributed by atoms with Crippen molar-refractivity contribution in [3.63, 3.8) is 0 Å². The summed E-state index contributed by atoms with van der Waals surface area (Å²) in [7, 11) is 0. The fourth-order valence-corrected chi connectivity index (χ4v) is 0.374. The minimum absolute atomic E-state index is 0.0506. The number of nitrogens with zero attached hydrogens (tertiary/aromatic N) is 2. The molecule has 0 saturated carbocycles. The molecule has 1 heterocycles. The van der Waals surface area contributed by atoms with Crippen LogP contribution in [0.4, 0.5) is 0 Å². The molecule has 0 spiro atoms. The summed E-state index contributed by atoms with van der Waals surface area (Å²) in [5.41, 5.74) is 0.0506. The van der Waals surface area contributed by atoms with E-state index in [2.05, 4.69) is 10.2 Å². The number of amides is 1. The molecule has 0 aromatic heterocycles. The Morgan fingerprint density at radius 2 is 2.11 bits per heavy atom. The number of rotatable bonds is 0. The van der Waals surface area contributed by atoms with Crippen LogP contribution in [0.3, 0.4) is 0 Å². The molecule has 0 fully saturated rings. The molecule has 0 aromatic rings. The van der Waals surface area contributed by atoms with Crippen LogP contribution in [0.5, 0.6) is 0 Å². The predicted octanol–water partition coefficient (Wildman–Crippen LogP) is 0.251. The van der Waals surface area contributed by atoms with Crippen molar-refractivity contribution in [1.29, 1.82) is 0 Å². The molecule has 1 amide bonds. The molecule has 0 aromatic carbocycles. The molecule has 4 heteroatoms. The van der Waals surface area contributed by atoms with Gasteiger partial charge in [-0.2, -0.15) is 0 Å².